The van der Waals surface area contributed by atoms with Gasteiger partial charge in [0, 0.05) is 5.69 Å². The minimum absolute atomic E-state index is 0.390. The maximum atomic E-state index is 6.31. The van der Waals surface area contributed by atoms with Gasteiger partial charge in [-0.25, -0.2) is 0 Å². The van der Waals surface area contributed by atoms with E-state index in [1.165, 1.54) is 5.56 Å². The first-order valence-electron chi connectivity index (χ1n) is 7.58. The Morgan fingerprint density at radius 2 is 1.67 bits per heavy atom. The Morgan fingerprint density at radius 1 is 0.917 bits per heavy atom. The highest BCUT2D eigenvalue weighted by molar-refractivity contribution is 6.33. The molecule has 0 saturated carbocycles. The average molecular weight is 340 g/mol. The summed E-state index contributed by atoms with van der Waals surface area (Å²) in [5, 5.41) is 15.0. The zero-order chi connectivity index (χ0) is 17.1. The van der Waals surface area contributed by atoms with E-state index >= 15 is 0 Å². The van der Waals surface area contributed by atoms with Crippen molar-refractivity contribution in [2.75, 3.05) is 10.6 Å². The number of halogens is 1. The number of anilines is 4. The van der Waals surface area contributed by atoms with Crippen LogP contribution in [0.25, 0.3) is 0 Å². The first-order chi connectivity index (χ1) is 11.5. The van der Waals surface area contributed by atoms with Gasteiger partial charge in [-0.2, -0.15) is 10.1 Å². The minimum Gasteiger partial charge on any atom is -0.339 e. The summed E-state index contributed by atoms with van der Waals surface area (Å²) in [6, 6.07) is 12.0. The summed E-state index contributed by atoms with van der Waals surface area (Å²) in [4.78, 5) is 4.44. The lowest BCUT2D eigenvalue weighted by Gasteiger charge is -2.12. The van der Waals surface area contributed by atoms with Gasteiger partial charge in [-0.15, -0.1) is 5.10 Å². The maximum absolute atomic E-state index is 6.31. The zero-order valence-corrected chi connectivity index (χ0v) is 14.5. The number of nitrogens with one attached hydrogen (secondary N) is 2. The summed E-state index contributed by atoms with van der Waals surface area (Å²) in [6.07, 6.45) is 1.58. The Labute approximate surface area is 146 Å². The van der Waals surface area contributed by atoms with Gasteiger partial charge in [0.1, 0.15) is 0 Å². The van der Waals surface area contributed by atoms with E-state index in [9.17, 15) is 0 Å². The van der Waals surface area contributed by atoms with Crippen molar-refractivity contribution in [1.29, 1.82) is 0 Å². The largest absolute Gasteiger partial charge is 0.339 e. The van der Waals surface area contributed by atoms with Gasteiger partial charge < -0.3 is 10.6 Å². The van der Waals surface area contributed by atoms with Crippen LogP contribution in [0.4, 0.5) is 23.1 Å². The standard InChI is InChI=1S/C18H18ClN5/c1-11-4-6-14(7-5-11)21-16-10-20-24-18(22-16)23-17-13(3)8-12(2)9-15(17)19/h4-10H,1-3H3,(H2,21,22,23,24). The number of aromatic nitrogens is 3. The molecule has 0 aliphatic heterocycles. The molecular weight excluding hydrogens is 322 g/mol. The van der Waals surface area contributed by atoms with Crippen LogP contribution in [0.5, 0.6) is 0 Å². The summed E-state index contributed by atoms with van der Waals surface area (Å²) in [5.41, 5.74) is 5.07. The van der Waals surface area contributed by atoms with Crippen LogP contribution in [0, 0.1) is 20.8 Å². The molecule has 0 unspecified atom stereocenters. The quantitative estimate of drug-likeness (QED) is 0.705. The fourth-order valence-corrected chi connectivity index (χ4v) is 2.76. The molecule has 0 spiro atoms. The highest BCUT2D eigenvalue weighted by Crippen LogP contribution is 2.29. The molecule has 5 nitrogen and oxygen atoms in total. The SMILES string of the molecule is Cc1ccc(Nc2cnnc(Nc3c(C)cc(C)cc3Cl)n2)cc1. The second-order valence-corrected chi connectivity index (χ2v) is 6.13. The Kier molecular flexibility index (Phi) is 4.62. The van der Waals surface area contributed by atoms with Crippen molar-refractivity contribution in [1.82, 2.24) is 15.2 Å². The third kappa shape index (κ3) is 3.81. The van der Waals surface area contributed by atoms with Crippen LogP contribution in [0.1, 0.15) is 16.7 Å². The van der Waals surface area contributed by atoms with Gasteiger partial charge in [-0.05, 0) is 50.1 Å². The summed E-state index contributed by atoms with van der Waals surface area (Å²) < 4.78 is 0. The van der Waals surface area contributed by atoms with E-state index in [1.54, 1.807) is 6.20 Å². The van der Waals surface area contributed by atoms with Crippen molar-refractivity contribution < 1.29 is 0 Å². The van der Waals surface area contributed by atoms with Crippen molar-refractivity contribution in [2.24, 2.45) is 0 Å². The van der Waals surface area contributed by atoms with Gasteiger partial charge >= 0.3 is 0 Å². The lowest BCUT2D eigenvalue weighted by atomic mass is 10.1. The third-order valence-corrected chi connectivity index (χ3v) is 3.85. The monoisotopic (exact) mass is 339 g/mol. The molecule has 0 atom stereocenters. The predicted molar refractivity (Wildman–Crippen MR) is 98.5 cm³/mol. The number of hydrogen-bond donors (Lipinski definition) is 2. The van der Waals surface area contributed by atoms with Crippen LogP contribution in [0.15, 0.2) is 42.6 Å². The van der Waals surface area contributed by atoms with Crippen LogP contribution in [-0.2, 0) is 0 Å². The molecule has 24 heavy (non-hydrogen) atoms. The van der Waals surface area contributed by atoms with Gasteiger partial charge in [0.25, 0.3) is 0 Å². The molecular formula is C18H18ClN5. The van der Waals surface area contributed by atoms with Gasteiger partial charge in [-0.1, -0.05) is 35.4 Å². The summed E-state index contributed by atoms with van der Waals surface area (Å²) in [5.74, 6) is 0.998. The predicted octanol–water partition coefficient (Wildman–Crippen LogP) is 4.94. The molecule has 0 aliphatic carbocycles. The van der Waals surface area contributed by atoms with Crippen LogP contribution in [-0.4, -0.2) is 15.2 Å². The van der Waals surface area contributed by atoms with E-state index in [0.717, 1.165) is 22.5 Å². The second-order valence-electron chi connectivity index (χ2n) is 5.72. The van der Waals surface area contributed by atoms with E-state index in [4.69, 9.17) is 11.6 Å². The van der Waals surface area contributed by atoms with Gasteiger partial charge in [0.05, 0.1) is 16.9 Å². The molecule has 0 saturated heterocycles. The van der Waals surface area contributed by atoms with E-state index in [0.29, 0.717) is 16.8 Å². The van der Waals surface area contributed by atoms with Gasteiger partial charge in [-0.3, -0.25) is 0 Å². The van der Waals surface area contributed by atoms with E-state index in [-0.39, 0.29) is 0 Å². The molecule has 122 valence electrons. The Hall–Kier alpha value is -2.66. The number of aryl methyl sites for hydroxylation is 3. The topological polar surface area (TPSA) is 62.7 Å². The smallest absolute Gasteiger partial charge is 0.249 e. The first kappa shape index (κ1) is 16.2. The highest BCUT2D eigenvalue weighted by atomic mass is 35.5. The van der Waals surface area contributed by atoms with Crippen LogP contribution in [0.3, 0.4) is 0 Å². The van der Waals surface area contributed by atoms with Crippen LogP contribution < -0.4 is 10.6 Å². The first-order valence-corrected chi connectivity index (χ1v) is 7.96. The minimum atomic E-state index is 0.390. The molecule has 1 aromatic heterocycles. The van der Waals surface area contributed by atoms with Crippen molar-refractivity contribution in [2.45, 2.75) is 20.8 Å². The highest BCUT2D eigenvalue weighted by Gasteiger charge is 2.08. The Bertz CT molecular complexity index is 839. The summed E-state index contributed by atoms with van der Waals surface area (Å²) in [6.45, 7) is 6.04. The molecule has 0 amide bonds. The molecule has 0 aliphatic rings. The Balaban J connectivity index is 1.82. The zero-order valence-electron chi connectivity index (χ0n) is 13.8. The number of benzene rings is 2. The lowest BCUT2D eigenvalue weighted by Crippen LogP contribution is -2.04. The normalized spacial score (nSPS) is 10.5. The molecule has 2 aromatic carbocycles. The summed E-state index contributed by atoms with van der Waals surface area (Å²) >= 11 is 6.31. The molecule has 1 heterocycles. The molecule has 0 radical (unpaired) electrons. The summed E-state index contributed by atoms with van der Waals surface area (Å²) in [7, 11) is 0. The molecule has 0 fully saturated rings. The molecule has 3 aromatic rings. The Morgan fingerprint density at radius 3 is 2.38 bits per heavy atom. The molecule has 2 N–H and O–H groups in total. The third-order valence-electron chi connectivity index (χ3n) is 3.55. The van der Waals surface area contributed by atoms with Gasteiger partial charge in [0.15, 0.2) is 5.82 Å². The molecule has 6 heteroatoms. The van der Waals surface area contributed by atoms with Crippen LogP contribution >= 0.6 is 11.6 Å². The number of hydrogen-bond acceptors (Lipinski definition) is 5. The van der Waals surface area contributed by atoms with Crippen LogP contribution in [0.2, 0.25) is 5.02 Å². The van der Waals surface area contributed by atoms with E-state index < -0.39 is 0 Å². The van der Waals surface area contributed by atoms with Crippen molar-refractivity contribution in [3.8, 4) is 0 Å². The van der Waals surface area contributed by atoms with Crippen molar-refractivity contribution in [3.63, 3.8) is 0 Å². The molecule has 0 bridgehead atoms. The number of nitrogens with zero attached hydrogens (tertiary/aromatic N) is 3. The van der Waals surface area contributed by atoms with Crippen molar-refractivity contribution >= 4 is 34.7 Å². The number of rotatable bonds is 4. The lowest BCUT2D eigenvalue weighted by molar-refractivity contribution is 0.981. The van der Waals surface area contributed by atoms with E-state index in [2.05, 4.69) is 31.9 Å². The molecule has 3 rings (SSSR count). The fraction of sp³-hybridized carbons (Fsp3) is 0.167. The van der Waals surface area contributed by atoms with Gasteiger partial charge in [0.2, 0.25) is 5.95 Å². The van der Waals surface area contributed by atoms with E-state index in [1.807, 2.05) is 51.1 Å². The van der Waals surface area contributed by atoms with Crippen molar-refractivity contribution in [3.05, 3.63) is 64.3 Å². The maximum Gasteiger partial charge on any atom is 0.249 e. The fourth-order valence-electron chi connectivity index (χ4n) is 2.39. The second kappa shape index (κ2) is 6.84. The average Bonchev–Trinajstić information content (AvgIpc) is 2.53.